The van der Waals surface area contributed by atoms with Gasteiger partial charge in [-0.05, 0) is 56.4 Å². The molecule has 188 valence electrons. The van der Waals surface area contributed by atoms with E-state index < -0.39 is 11.9 Å². The maximum atomic E-state index is 13.4. The lowest BCUT2D eigenvalue weighted by molar-refractivity contribution is -0.141. The van der Waals surface area contributed by atoms with Crippen molar-refractivity contribution < 1.29 is 18.0 Å². The summed E-state index contributed by atoms with van der Waals surface area (Å²) in [6.45, 7) is 3.11. The zero-order chi connectivity index (χ0) is 25.4. The monoisotopic (exact) mass is 497 g/mol. The van der Waals surface area contributed by atoms with Gasteiger partial charge in [0.15, 0.2) is 11.5 Å². The summed E-state index contributed by atoms with van der Waals surface area (Å²) in [5.74, 6) is 0.830. The molecular formula is C25H26F3N7O. The number of nitrogens with zero attached hydrogens (tertiary/aromatic N) is 6. The number of aromatic nitrogens is 5. The lowest BCUT2D eigenvalue weighted by Gasteiger charge is -2.23. The molecular weight excluding hydrogens is 471 g/mol. The van der Waals surface area contributed by atoms with Crippen LogP contribution in [0.2, 0.25) is 0 Å². The minimum absolute atomic E-state index is 0.0491. The Bertz CT molecular complexity index is 1500. The van der Waals surface area contributed by atoms with E-state index in [0.29, 0.717) is 58.3 Å². The number of amides is 1. The third-order valence-electron chi connectivity index (χ3n) is 7.43. The van der Waals surface area contributed by atoms with Crippen molar-refractivity contribution in [2.45, 2.75) is 51.0 Å². The number of fused-ring (bicyclic) bond motifs is 2. The van der Waals surface area contributed by atoms with E-state index in [1.54, 1.807) is 21.7 Å². The van der Waals surface area contributed by atoms with Gasteiger partial charge in [-0.15, -0.1) is 0 Å². The molecule has 1 saturated carbocycles. The second-order valence-electron chi connectivity index (χ2n) is 9.94. The smallest absolute Gasteiger partial charge is 0.334 e. The molecule has 5 heterocycles. The molecule has 2 N–H and O–H groups in total. The van der Waals surface area contributed by atoms with Crippen LogP contribution in [0, 0.1) is 5.92 Å². The largest absolute Gasteiger partial charge is 0.433 e. The molecule has 1 aliphatic heterocycles. The van der Waals surface area contributed by atoms with Gasteiger partial charge in [0.25, 0.3) is 5.91 Å². The van der Waals surface area contributed by atoms with Crippen molar-refractivity contribution in [1.29, 1.82) is 0 Å². The normalized spacial score (nSPS) is 20.7. The number of likely N-dealkylation sites (tertiary alicyclic amines) is 1. The molecule has 4 aromatic heterocycles. The molecule has 0 unspecified atom stereocenters. The van der Waals surface area contributed by atoms with Gasteiger partial charge in [-0.3, -0.25) is 4.79 Å². The number of pyridine rings is 2. The van der Waals surface area contributed by atoms with Gasteiger partial charge in [0, 0.05) is 43.8 Å². The minimum Gasteiger partial charge on any atom is -0.334 e. The molecule has 6 rings (SSSR count). The Morgan fingerprint density at radius 1 is 1.14 bits per heavy atom. The van der Waals surface area contributed by atoms with E-state index in [-0.39, 0.29) is 18.0 Å². The molecule has 1 amide bonds. The van der Waals surface area contributed by atoms with Crippen molar-refractivity contribution >= 4 is 28.1 Å². The molecule has 8 nitrogen and oxygen atoms in total. The molecule has 0 bridgehead atoms. The molecule has 1 aliphatic carbocycles. The highest BCUT2D eigenvalue weighted by Crippen LogP contribution is 2.37. The average molecular weight is 498 g/mol. The first-order valence-electron chi connectivity index (χ1n) is 12.1. The predicted octanol–water partition coefficient (Wildman–Crippen LogP) is 3.98. The number of alkyl halides is 3. The average Bonchev–Trinajstić information content (AvgIpc) is 3.40. The van der Waals surface area contributed by atoms with E-state index in [4.69, 9.17) is 10.7 Å². The molecule has 1 saturated heterocycles. The summed E-state index contributed by atoms with van der Waals surface area (Å²) >= 11 is 0. The van der Waals surface area contributed by atoms with Crippen LogP contribution >= 0.6 is 0 Å². The molecule has 36 heavy (non-hydrogen) atoms. The summed E-state index contributed by atoms with van der Waals surface area (Å²) < 4.78 is 43.8. The van der Waals surface area contributed by atoms with Gasteiger partial charge < -0.3 is 19.8 Å². The van der Waals surface area contributed by atoms with Crippen LogP contribution in [0.1, 0.15) is 42.2 Å². The van der Waals surface area contributed by atoms with E-state index in [0.717, 1.165) is 25.3 Å². The third-order valence-corrected chi connectivity index (χ3v) is 7.43. The van der Waals surface area contributed by atoms with E-state index in [1.165, 1.54) is 6.07 Å². The van der Waals surface area contributed by atoms with E-state index in [2.05, 4.69) is 9.97 Å². The number of carbonyl (C=O) groups is 1. The molecule has 4 aromatic rings. The Kier molecular flexibility index (Phi) is 5.12. The van der Waals surface area contributed by atoms with Gasteiger partial charge in [-0.2, -0.15) is 13.2 Å². The van der Waals surface area contributed by atoms with E-state index in [9.17, 15) is 18.0 Å². The van der Waals surface area contributed by atoms with Crippen molar-refractivity contribution in [2.75, 3.05) is 6.54 Å². The van der Waals surface area contributed by atoms with Gasteiger partial charge in [0.1, 0.15) is 16.9 Å². The first-order chi connectivity index (χ1) is 17.1. The maximum Gasteiger partial charge on any atom is 0.433 e. The Morgan fingerprint density at radius 3 is 2.58 bits per heavy atom. The highest BCUT2D eigenvalue weighted by atomic mass is 19.4. The number of imidazole rings is 1. The van der Waals surface area contributed by atoms with E-state index >= 15 is 0 Å². The van der Waals surface area contributed by atoms with Crippen LogP contribution in [-0.4, -0.2) is 53.5 Å². The highest BCUT2D eigenvalue weighted by molar-refractivity contribution is 5.97. The Labute approximate surface area is 204 Å². The van der Waals surface area contributed by atoms with Crippen molar-refractivity contribution in [3.63, 3.8) is 0 Å². The summed E-state index contributed by atoms with van der Waals surface area (Å²) in [5, 5.41) is 0.619. The number of halogens is 3. The zero-order valence-corrected chi connectivity index (χ0v) is 20.0. The Balaban J connectivity index is 1.45. The van der Waals surface area contributed by atoms with Crippen molar-refractivity contribution in [1.82, 2.24) is 29.0 Å². The lowest BCUT2D eigenvalue weighted by atomic mass is 10.1. The van der Waals surface area contributed by atoms with Crippen LogP contribution in [0.5, 0.6) is 0 Å². The molecule has 0 aromatic carbocycles. The van der Waals surface area contributed by atoms with Crippen LogP contribution in [0.3, 0.4) is 0 Å². The standard InChI is InChI=1S/C25H26F3N7O/c1-13-17(29)7-8-34(13)24(36)16-9-18-22(30-11-16)33(2)23(31-18)19-10-15-5-6-20(25(26,27)28)32-21(15)35(19)12-14-3-4-14/h5-6,9-11,13-14,17H,3-4,7-8,12,29H2,1-2H3/t13-,17-/m1/s1. The van der Waals surface area contributed by atoms with E-state index in [1.807, 2.05) is 24.6 Å². The van der Waals surface area contributed by atoms with Crippen LogP contribution in [0.15, 0.2) is 30.5 Å². The van der Waals surface area contributed by atoms with Gasteiger partial charge >= 0.3 is 6.18 Å². The SMILES string of the molecule is C[C@@H]1[C@H](N)CCN1C(=O)c1cnc2c(c1)nc(-c1cc3ccc(C(F)(F)F)nc3n1CC1CC1)n2C. The summed E-state index contributed by atoms with van der Waals surface area (Å²) in [4.78, 5) is 28.1. The molecule has 2 aliphatic rings. The number of hydrogen-bond acceptors (Lipinski definition) is 5. The molecule has 0 spiro atoms. The van der Waals surface area contributed by atoms with Gasteiger partial charge in [-0.25, -0.2) is 15.0 Å². The first-order valence-corrected chi connectivity index (χ1v) is 12.1. The fraction of sp³-hybridized carbons (Fsp3) is 0.440. The van der Waals surface area contributed by atoms with Crippen molar-refractivity contribution in [3.8, 4) is 11.5 Å². The zero-order valence-electron chi connectivity index (χ0n) is 20.0. The number of rotatable bonds is 4. The second kappa shape index (κ2) is 8.02. The van der Waals surface area contributed by atoms with Crippen LogP contribution in [0.25, 0.3) is 33.7 Å². The quantitative estimate of drug-likeness (QED) is 0.460. The predicted molar refractivity (Wildman–Crippen MR) is 128 cm³/mol. The number of nitrogens with two attached hydrogens (primary N) is 1. The van der Waals surface area contributed by atoms with Crippen LogP contribution < -0.4 is 5.73 Å². The van der Waals surface area contributed by atoms with Gasteiger partial charge in [0.05, 0.1) is 11.3 Å². The fourth-order valence-corrected chi connectivity index (χ4v) is 5.05. The van der Waals surface area contributed by atoms with Gasteiger partial charge in [-0.1, -0.05) is 0 Å². The maximum absolute atomic E-state index is 13.4. The molecule has 11 heteroatoms. The first kappa shape index (κ1) is 23.0. The Hall–Kier alpha value is -3.47. The molecule has 2 fully saturated rings. The fourth-order valence-electron chi connectivity index (χ4n) is 5.05. The minimum atomic E-state index is -4.52. The highest BCUT2D eigenvalue weighted by Gasteiger charge is 2.34. The van der Waals surface area contributed by atoms with Crippen LogP contribution in [-0.2, 0) is 19.8 Å². The molecule has 0 radical (unpaired) electrons. The number of carbonyl (C=O) groups excluding carboxylic acids is 1. The summed E-state index contributed by atoms with van der Waals surface area (Å²) in [5.41, 5.74) is 7.70. The third kappa shape index (κ3) is 3.73. The number of aryl methyl sites for hydroxylation is 1. The molecule has 2 atom stereocenters. The Morgan fingerprint density at radius 2 is 1.92 bits per heavy atom. The van der Waals surface area contributed by atoms with Crippen molar-refractivity contribution in [2.24, 2.45) is 18.7 Å². The second-order valence-corrected chi connectivity index (χ2v) is 9.94. The van der Waals surface area contributed by atoms with Crippen molar-refractivity contribution in [3.05, 3.63) is 41.7 Å². The number of hydrogen-bond donors (Lipinski definition) is 1. The summed E-state index contributed by atoms with van der Waals surface area (Å²) in [6, 6.07) is 5.90. The lowest BCUT2D eigenvalue weighted by Crippen LogP contribution is -2.40. The summed E-state index contributed by atoms with van der Waals surface area (Å²) in [6.07, 6.45) is -0.154. The van der Waals surface area contributed by atoms with Crippen LogP contribution in [0.4, 0.5) is 13.2 Å². The topological polar surface area (TPSA) is 94.9 Å². The summed E-state index contributed by atoms with van der Waals surface area (Å²) in [7, 11) is 1.81. The van der Waals surface area contributed by atoms with Gasteiger partial charge in [0.2, 0.25) is 0 Å².